The van der Waals surface area contributed by atoms with Crippen LogP contribution in [0.25, 0.3) is 0 Å². The summed E-state index contributed by atoms with van der Waals surface area (Å²) in [6, 6.07) is 0. The zero-order chi connectivity index (χ0) is 19.1. The number of hydrogen-bond acceptors (Lipinski definition) is 3. The van der Waals surface area contributed by atoms with Crippen molar-refractivity contribution in [3.8, 4) is 0 Å². The van der Waals surface area contributed by atoms with Crippen molar-refractivity contribution in [2.24, 2.45) is 0 Å². The summed E-state index contributed by atoms with van der Waals surface area (Å²) in [6.07, 6.45) is 22.8. The van der Waals surface area contributed by atoms with Gasteiger partial charge >= 0.3 is 5.97 Å². The highest BCUT2D eigenvalue weighted by molar-refractivity contribution is 5.69. The predicted molar refractivity (Wildman–Crippen MR) is 113 cm³/mol. The van der Waals surface area contributed by atoms with E-state index in [0.29, 0.717) is 13.2 Å². The fourth-order valence-electron chi connectivity index (χ4n) is 3.24. The highest BCUT2D eigenvalue weighted by Crippen LogP contribution is 2.11. The Morgan fingerprint density at radius 3 is 1.54 bits per heavy atom. The van der Waals surface area contributed by atoms with Crippen molar-refractivity contribution in [3.63, 3.8) is 0 Å². The van der Waals surface area contributed by atoms with E-state index in [1.807, 2.05) is 0 Å². The lowest BCUT2D eigenvalue weighted by Gasteiger charge is -2.07. The van der Waals surface area contributed by atoms with Gasteiger partial charge in [-0.15, -0.1) is 0 Å². The number of nitrogens with one attached hydrogen (secondary N) is 1. The quantitative estimate of drug-likeness (QED) is 0.133. The second kappa shape index (κ2) is 22.5. The first-order valence-electron chi connectivity index (χ1n) is 11.7. The molecule has 156 valence electrons. The highest BCUT2D eigenvalue weighted by atomic mass is 16.5. The van der Waals surface area contributed by atoms with Gasteiger partial charge < -0.3 is 4.74 Å². The number of unbranched alkanes of at least 4 members (excludes halogenated alkanes) is 15. The Balaban J connectivity index is 3.13. The van der Waals surface area contributed by atoms with Crippen molar-refractivity contribution in [2.75, 3.05) is 13.3 Å². The summed E-state index contributed by atoms with van der Waals surface area (Å²) < 4.78 is 5.24. The molecule has 0 aliphatic heterocycles. The monoisotopic (exact) mass is 369 g/mol. The van der Waals surface area contributed by atoms with Crippen molar-refractivity contribution >= 4 is 5.97 Å². The lowest BCUT2D eigenvalue weighted by Crippen LogP contribution is -2.21. The Labute approximate surface area is 164 Å². The van der Waals surface area contributed by atoms with Crippen molar-refractivity contribution in [1.82, 2.24) is 5.32 Å². The van der Waals surface area contributed by atoms with Gasteiger partial charge in [-0.1, -0.05) is 110 Å². The molecule has 0 fully saturated rings. The maximum Gasteiger partial charge on any atom is 0.307 e. The fourth-order valence-corrected chi connectivity index (χ4v) is 3.24. The van der Waals surface area contributed by atoms with E-state index in [4.69, 9.17) is 4.74 Å². The van der Waals surface area contributed by atoms with Gasteiger partial charge in [0, 0.05) is 6.42 Å². The largest absolute Gasteiger partial charge is 0.450 e. The number of esters is 1. The summed E-state index contributed by atoms with van der Waals surface area (Å²) in [5.74, 6) is -0.0450. The number of carbonyl (C=O) groups excluding carboxylic acids is 1. The van der Waals surface area contributed by atoms with E-state index < -0.39 is 0 Å². The zero-order valence-electron chi connectivity index (χ0n) is 18.0. The van der Waals surface area contributed by atoms with E-state index in [0.717, 1.165) is 19.4 Å². The minimum atomic E-state index is -0.0450. The molecule has 0 aliphatic rings. The molecule has 0 rings (SSSR count). The first kappa shape index (κ1) is 25.4. The smallest absolute Gasteiger partial charge is 0.307 e. The fraction of sp³-hybridized carbons (Fsp3) is 0.957. The number of carbonyl (C=O) groups is 1. The summed E-state index contributed by atoms with van der Waals surface area (Å²) in [6.45, 7) is 5.85. The van der Waals surface area contributed by atoms with Crippen LogP contribution in [0.3, 0.4) is 0 Å². The van der Waals surface area contributed by atoms with E-state index >= 15 is 0 Å². The molecule has 3 heteroatoms. The Morgan fingerprint density at radius 1 is 0.615 bits per heavy atom. The van der Waals surface area contributed by atoms with E-state index in [9.17, 15) is 4.79 Å². The minimum absolute atomic E-state index is 0.0450. The molecule has 0 atom stereocenters. The van der Waals surface area contributed by atoms with E-state index in [2.05, 4.69) is 19.2 Å². The van der Waals surface area contributed by atoms with Gasteiger partial charge in [0.05, 0.1) is 0 Å². The topological polar surface area (TPSA) is 38.3 Å². The zero-order valence-corrected chi connectivity index (χ0v) is 18.0. The highest BCUT2D eigenvalue weighted by Gasteiger charge is 2.02. The van der Waals surface area contributed by atoms with Crippen molar-refractivity contribution < 1.29 is 9.53 Å². The van der Waals surface area contributed by atoms with Crippen LogP contribution in [-0.2, 0) is 9.53 Å². The van der Waals surface area contributed by atoms with E-state index in [1.165, 1.54) is 96.3 Å². The molecule has 26 heavy (non-hydrogen) atoms. The average molecular weight is 370 g/mol. The maximum atomic E-state index is 11.6. The minimum Gasteiger partial charge on any atom is -0.450 e. The van der Waals surface area contributed by atoms with E-state index in [1.54, 1.807) is 0 Å². The normalized spacial score (nSPS) is 11.0. The second-order valence-corrected chi connectivity index (χ2v) is 7.71. The van der Waals surface area contributed by atoms with Gasteiger partial charge in [0.1, 0.15) is 6.73 Å². The van der Waals surface area contributed by atoms with Crippen molar-refractivity contribution in [3.05, 3.63) is 0 Å². The third kappa shape index (κ3) is 21.5. The first-order valence-corrected chi connectivity index (χ1v) is 11.7. The first-order chi connectivity index (χ1) is 12.8. The third-order valence-electron chi connectivity index (χ3n) is 5.03. The van der Waals surface area contributed by atoms with Gasteiger partial charge in [-0.3, -0.25) is 10.1 Å². The van der Waals surface area contributed by atoms with Gasteiger partial charge in [-0.05, 0) is 19.4 Å². The summed E-state index contributed by atoms with van der Waals surface area (Å²) in [4.78, 5) is 11.6. The Bertz CT molecular complexity index is 281. The van der Waals surface area contributed by atoms with Crippen LogP contribution in [0.1, 0.15) is 129 Å². The molecule has 0 aliphatic carbocycles. The van der Waals surface area contributed by atoms with Gasteiger partial charge in [-0.25, -0.2) is 0 Å². The van der Waals surface area contributed by atoms with Crippen LogP contribution in [0.2, 0.25) is 0 Å². The number of hydrogen-bond donors (Lipinski definition) is 1. The van der Waals surface area contributed by atoms with Crippen LogP contribution in [0.15, 0.2) is 0 Å². The number of rotatable bonds is 21. The van der Waals surface area contributed by atoms with Crippen LogP contribution in [0, 0.1) is 0 Å². The van der Waals surface area contributed by atoms with E-state index in [-0.39, 0.29) is 5.97 Å². The molecule has 0 amide bonds. The predicted octanol–water partition coefficient (Wildman–Crippen LogP) is 7.14. The molecule has 0 aromatic carbocycles. The molecule has 0 bridgehead atoms. The Morgan fingerprint density at radius 2 is 1.04 bits per heavy atom. The van der Waals surface area contributed by atoms with Crippen LogP contribution in [-0.4, -0.2) is 19.2 Å². The van der Waals surface area contributed by atoms with Gasteiger partial charge in [0.2, 0.25) is 0 Å². The van der Waals surface area contributed by atoms with Crippen LogP contribution in [0.4, 0.5) is 0 Å². The summed E-state index contributed by atoms with van der Waals surface area (Å²) >= 11 is 0. The SMILES string of the molecule is CCCCCCCCCCCC(=O)OCNCCCCCCCCCC. The molecule has 0 unspecified atom stereocenters. The molecule has 0 heterocycles. The molecule has 0 aromatic rings. The van der Waals surface area contributed by atoms with Gasteiger partial charge in [0.15, 0.2) is 0 Å². The summed E-state index contributed by atoms with van der Waals surface area (Å²) in [5.41, 5.74) is 0. The molecular formula is C23H47NO2. The van der Waals surface area contributed by atoms with Crippen LogP contribution >= 0.6 is 0 Å². The molecular weight excluding hydrogens is 322 g/mol. The van der Waals surface area contributed by atoms with Crippen molar-refractivity contribution in [1.29, 1.82) is 0 Å². The lowest BCUT2D eigenvalue weighted by atomic mass is 10.1. The Kier molecular flexibility index (Phi) is 22.0. The molecule has 0 spiro atoms. The summed E-state index contributed by atoms with van der Waals surface area (Å²) in [7, 11) is 0. The summed E-state index contributed by atoms with van der Waals surface area (Å²) in [5, 5.41) is 3.22. The second-order valence-electron chi connectivity index (χ2n) is 7.71. The van der Waals surface area contributed by atoms with Crippen LogP contribution < -0.4 is 5.32 Å². The number of ether oxygens (including phenoxy) is 1. The van der Waals surface area contributed by atoms with Gasteiger partial charge in [0.25, 0.3) is 0 Å². The molecule has 0 aromatic heterocycles. The Hall–Kier alpha value is -0.570. The maximum absolute atomic E-state index is 11.6. The molecule has 0 radical (unpaired) electrons. The van der Waals surface area contributed by atoms with Crippen LogP contribution in [0.5, 0.6) is 0 Å². The third-order valence-corrected chi connectivity index (χ3v) is 5.03. The molecule has 0 saturated carbocycles. The lowest BCUT2D eigenvalue weighted by molar-refractivity contribution is -0.144. The average Bonchev–Trinajstić information content (AvgIpc) is 2.64. The molecule has 0 saturated heterocycles. The van der Waals surface area contributed by atoms with Gasteiger partial charge in [-0.2, -0.15) is 0 Å². The molecule has 3 nitrogen and oxygen atoms in total. The standard InChI is InChI=1S/C23H47NO2/c1-3-5-7-9-11-13-14-16-18-20-23(25)26-22-24-21-19-17-15-12-10-8-6-4-2/h24H,3-22H2,1-2H3. The van der Waals surface area contributed by atoms with Crippen molar-refractivity contribution in [2.45, 2.75) is 129 Å². The molecule has 1 N–H and O–H groups in total.